The third-order valence-electron chi connectivity index (χ3n) is 3.34. The molecule has 98 valence electrons. The summed E-state index contributed by atoms with van der Waals surface area (Å²) in [4.78, 5) is 3.87. The van der Waals surface area contributed by atoms with Gasteiger partial charge in [0.25, 0.3) is 0 Å². The zero-order valence-corrected chi connectivity index (χ0v) is 12.4. The molecule has 1 N–H and O–H groups in total. The van der Waals surface area contributed by atoms with Crippen LogP contribution < -0.4 is 5.32 Å². The van der Waals surface area contributed by atoms with E-state index < -0.39 is 0 Å². The zero-order valence-electron chi connectivity index (χ0n) is 11.6. The van der Waals surface area contributed by atoms with Crippen molar-refractivity contribution >= 4 is 11.3 Å². The van der Waals surface area contributed by atoms with Gasteiger partial charge in [-0.25, -0.2) is 0 Å². The summed E-state index contributed by atoms with van der Waals surface area (Å²) in [5.74, 6) is 0. The third-order valence-corrected chi connectivity index (χ3v) is 4.40. The van der Waals surface area contributed by atoms with Gasteiger partial charge >= 0.3 is 0 Å². The number of thiophene rings is 1. The molecule has 17 heavy (non-hydrogen) atoms. The van der Waals surface area contributed by atoms with Crippen LogP contribution in [0.2, 0.25) is 0 Å². The van der Waals surface area contributed by atoms with E-state index in [-0.39, 0.29) is 0 Å². The molecule has 0 aliphatic carbocycles. The van der Waals surface area contributed by atoms with E-state index in [1.807, 2.05) is 11.3 Å². The quantitative estimate of drug-likeness (QED) is 0.763. The Bertz CT molecular complexity index is 284. The van der Waals surface area contributed by atoms with E-state index in [0.717, 1.165) is 13.1 Å². The Balaban J connectivity index is 2.19. The minimum atomic E-state index is 0.477. The molecule has 1 aromatic rings. The summed E-state index contributed by atoms with van der Waals surface area (Å²) < 4.78 is 0. The van der Waals surface area contributed by atoms with Gasteiger partial charge in [-0.15, -0.1) is 11.3 Å². The van der Waals surface area contributed by atoms with Gasteiger partial charge < -0.3 is 10.2 Å². The summed E-state index contributed by atoms with van der Waals surface area (Å²) in [6, 6.07) is 5.49. The van der Waals surface area contributed by atoms with Crippen LogP contribution in [0.4, 0.5) is 0 Å². The largest absolute Gasteiger partial charge is 0.308 e. The van der Waals surface area contributed by atoms with Crippen molar-refractivity contribution in [3.8, 4) is 0 Å². The molecule has 3 heteroatoms. The molecule has 1 rings (SSSR count). The van der Waals surface area contributed by atoms with Crippen LogP contribution in [0.5, 0.6) is 0 Å². The maximum Gasteiger partial charge on any atom is 0.0386 e. The molecule has 2 atom stereocenters. The highest BCUT2D eigenvalue weighted by Crippen LogP contribution is 2.17. The average Bonchev–Trinajstić information content (AvgIpc) is 2.82. The third kappa shape index (κ3) is 5.19. The minimum Gasteiger partial charge on any atom is -0.308 e. The highest BCUT2D eigenvalue weighted by atomic mass is 32.1. The standard InChI is InChI=1S/C14H26N2S/c1-5-7-12(2)16(4)10-9-15-13(3)14-8-6-11-17-14/h6,8,11-13,15H,5,7,9-10H2,1-4H3. The van der Waals surface area contributed by atoms with E-state index in [1.54, 1.807) is 0 Å². The molecule has 2 nitrogen and oxygen atoms in total. The van der Waals surface area contributed by atoms with Crippen LogP contribution >= 0.6 is 11.3 Å². The van der Waals surface area contributed by atoms with Crippen molar-refractivity contribution < 1.29 is 0 Å². The maximum absolute atomic E-state index is 3.58. The fraction of sp³-hybridized carbons (Fsp3) is 0.714. The first kappa shape index (κ1) is 14.7. The lowest BCUT2D eigenvalue weighted by atomic mass is 10.2. The van der Waals surface area contributed by atoms with Gasteiger partial charge in [-0.3, -0.25) is 0 Å². The molecule has 0 radical (unpaired) electrons. The van der Waals surface area contributed by atoms with Gasteiger partial charge in [0.1, 0.15) is 0 Å². The summed E-state index contributed by atoms with van der Waals surface area (Å²) >= 11 is 1.83. The molecule has 0 fully saturated rings. The number of likely N-dealkylation sites (N-methyl/N-ethyl adjacent to an activating group) is 1. The first-order chi connectivity index (χ1) is 8.15. The highest BCUT2D eigenvalue weighted by molar-refractivity contribution is 7.10. The Morgan fingerprint density at radius 2 is 2.18 bits per heavy atom. The summed E-state index contributed by atoms with van der Waals surface area (Å²) in [5, 5.41) is 5.72. The number of hydrogen-bond acceptors (Lipinski definition) is 3. The first-order valence-corrected chi connectivity index (χ1v) is 7.50. The number of nitrogens with one attached hydrogen (secondary N) is 1. The normalized spacial score (nSPS) is 15.1. The molecule has 0 saturated carbocycles. The van der Waals surface area contributed by atoms with Crippen LogP contribution in [-0.2, 0) is 0 Å². The van der Waals surface area contributed by atoms with Gasteiger partial charge in [0.2, 0.25) is 0 Å². The number of rotatable bonds is 8. The van der Waals surface area contributed by atoms with Crippen LogP contribution in [0, 0.1) is 0 Å². The van der Waals surface area contributed by atoms with Crippen molar-refractivity contribution in [1.82, 2.24) is 10.2 Å². The highest BCUT2D eigenvalue weighted by Gasteiger charge is 2.09. The molecule has 0 aliphatic rings. The van der Waals surface area contributed by atoms with Gasteiger partial charge in [0.05, 0.1) is 0 Å². The monoisotopic (exact) mass is 254 g/mol. The summed E-state index contributed by atoms with van der Waals surface area (Å²) in [6.45, 7) is 8.98. The molecule has 0 saturated heterocycles. The Morgan fingerprint density at radius 3 is 2.76 bits per heavy atom. The van der Waals surface area contributed by atoms with Crippen molar-refractivity contribution in [2.75, 3.05) is 20.1 Å². The molecular formula is C14H26N2S. The second-order valence-electron chi connectivity index (χ2n) is 4.81. The smallest absolute Gasteiger partial charge is 0.0386 e. The van der Waals surface area contributed by atoms with Crippen LogP contribution in [0.15, 0.2) is 17.5 Å². The number of nitrogens with zero attached hydrogens (tertiary/aromatic N) is 1. The summed E-state index contributed by atoms with van der Waals surface area (Å²) in [7, 11) is 2.22. The maximum atomic E-state index is 3.58. The van der Waals surface area contributed by atoms with E-state index in [1.165, 1.54) is 17.7 Å². The molecule has 0 aliphatic heterocycles. The first-order valence-electron chi connectivity index (χ1n) is 6.62. The molecule has 0 amide bonds. The molecule has 0 spiro atoms. The molecular weight excluding hydrogens is 228 g/mol. The molecule has 1 aromatic heterocycles. The molecule has 0 aromatic carbocycles. The SMILES string of the molecule is CCCC(C)N(C)CCNC(C)c1cccs1. The van der Waals surface area contributed by atoms with Gasteiger partial charge in [-0.05, 0) is 38.8 Å². The Morgan fingerprint density at radius 1 is 1.41 bits per heavy atom. The van der Waals surface area contributed by atoms with E-state index in [9.17, 15) is 0 Å². The summed E-state index contributed by atoms with van der Waals surface area (Å²) in [6.07, 6.45) is 2.56. The Hall–Kier alpha value is -0.380. The van der Waals surface area contributed by atoms with Gasteiger partial charge in [-0.1, -0.05) is 19.4 Å². The van der Waals surface area contributed by atoms with Crippen LogP contribution in [0.3, 0.4) is 0 Å². The molecule has 1 heterocycles. The van der Waals surface area contributed by atoms with E-state index >= 15 is 0 Å². The van der Waals surface area contributed by atoms with Crippen molar-refractivity contribution in [2.45, 2.75) is 45.7 Å². The minimum absolute atomic E-state index is 0.477. The van der Waals surface area contributed by atoms with Crippen LogP contribution in [0.25, 0.3) is 0 Å². The fourth-order valence-corrected chi connectivity index (χ4v) is 2.71. The zero-order chi connectivity index (χ0) is 12.7. The molecule has 2 unspecified atom stereocenters. The fourth-order valence-electron chi connectivity index (χ4n) is 1.95. The molecule has 0 bridgehead atoms. The Kier molecular flexibility index (Phi) is 6.78. The number of hydrogen-bond donors (Lipinski definition) is 1. The second kappa shape index (κ2) is 7.85. The summed E-state index contributed by atoms with van der Waals surface area (Å²) in [5.41, 5.74) is 0. The van der Waals surface area contributed by atoms with Gasteiger partial charge in [0, 0.05) is 30.1 Å². The lowest BCUT2D eigenvalue weighted by molar-refractivity contribution is 0.242. The van der Waals surface area contributed by atoms with Crippen molar-refractivity contribution in [2.24, 2.45) is 0 Å². The second-order valence-corrected chi connectivity index (χ2v) is 5.79. The van der Waals surface area contributed by atoms with Crippen LogP contribution in [0.1, 0.15) is 44.5 Å². The topological polar surface area (TPSA) is 15.3 Å². The average molecular weight is 254 g/mol. The van der Waals surface area contributed by atoms with E-state index in [2.05, 4.69) is 55.5 Å². The van der Waals surface area contributed by atoms with Crippen molar-refractivity contribution in [3.63, 3.8) is 0 Å². The van der Waals surface area contributed by atoms with E-state index in [0.29, 0.717) is 12.1 Å². The van der Waals surface area contributed by atoms with Crippen LogP contribution in [-0.4, -0.2) is 31.1 Å². The van der Waals surface area contributed by atoms with E-state index in [4.69, 9.17) is 0 Å². The van der Waals surface area contributed by atoms with Gasteiger partial charge in [-0.2, -0.15) is 0 Å². The van der Waals surface area contributed by atoms with Crippen molar-refractivity contribution in [1.29, 1.82) is 0 Å². The lowest BCUT2D eigenvalue weighted by Crippen LogP contribution is -2.35. The van der Waals surface area contributed by atoms with Gasteiger partial charge in [0.15, 0.2) is 0 Å². The lowest BCUT2D eigenvalue weighted by Gasteiger charge is -2.25. The van der Waals surface area contributed by atoms with Crippen molar-refractivity contribution in [3.05, 3.63) is 22.4 Å². The Labute approximate surface area is 110 Å². The predicted octanol–water partition coefficient (Wildman–Crippen LogP) is 3.52. The predicted molar refractivity (Wildman–Crippen MR) is 77.7 cm³/mol.